The molecule has 0 aliphatic rings. The lowest BCUT2D eigenvalue weighted by Gasteiger charge is -2.14. The number of carbonyl (C=O) groups is 1. The van der Waals surface area contributed by atoms with Crippen LogP contribution in [-0.2, 0) is 4.79 Å². The number of thioether (sulfide) groups is 1. The van der Waals surface area contributed by atoms with Crippen LogP contribution in [0.4, 0.5) is 5.69 Å². The second kappa shape index (κ2) is 10.4. The van der Waals surface area contributed by atoms with E-state index in [1.165, 1.54) is 22.9 Å². The monoisotopic (exact) mass is 404 g/mol. The van der Waals surface area contributed by atoms with Gasteiger partial charge in [0, 0.05) is 31.4 Å². The summed E-state index contributed by atoms with van der Waals surface area (Å²) in [5.41, 5.74) is 1.94. The Bertz CT molecular complexity index is 774. The standard InChI is InChI=1S/C20H32N6OS/c1-14(2)8-6-9-15(3)22-18(27)13-28-20-24-23-19(26(20)21)16-10-7-11-17(12-16)25(4)5/h7,10-12,14-15H,6,8-9,13,21H2,1-5H3,(H,22,27). The number of nitrogens with two attached hydrogens (primary N) is 1. The van der Waals surface area contributed by atoms with Crippen molar-refractivity contribution in [2.45, 2.75) is 51.2 Å². The van der Waals surface area contributed by atoms with Crippen molar-refractivity contribution in [3.8, 4) is 11.4 Å². The fraction of sp³-hybridized carbons (Fsp3) is 0.550. The molecular weight excluding hydrogens is 372 g/mol. The minimum absolute atomic E-state index is 0.0128. The molecular formula is C20H32N6OS. The zero-order valence-corrected chi connectivity index (χ0v) is 18.3. The molecule has 1 aromatic heterocycles. The van der Waals surface area contributed by atoms with Gasteiger partial charge in [-0.2, -0.15) is 0 Å². The quantitative estimate of drug-likeness (QED) is 0.467. The summed E-state index contributed by atoms with van der Waals surface area (Å²) in [5, 5.41) is 11.9. The molecule has 8 heteroatoms. The Kier molecular flexibility index (Phi) is 8.17. The summed E-state index contributed by atoms with van der Waals surface area (Å²) in [6.45, 7) is 6.48. The maximum Gasteiger partial charge on any atom is 0.230 e. The van der Waals surface area contributed by atoms with Gasteiger partial charge in [-0.05, 0) is 31.4 Å². The molecule has 0 radical (unpaired) electrons. The fourth-order valence-electron chi connectivity index (χ4n) is 2.85. The number of hydrogen-bond acceptors (Lipinski definition) is 6. The molecule has 1 aromatic carbocycles. The van der Waals surface area contributed by atoms with Crippen molar-refractivity contribution in [3.05, 3.63) is 24.3 Å². The molecule has 3 N–H and O–H groups in total. The van der Waals surface area contributed by atoms with E-state index in [2.05, 4.69) is 29.4 Å². The van der Waals surface area contributed by atoms with Gasteiger partial charge >= 0.3 is 0 Å². The van der Waals surface area contributed by atoms with E-state index in [9.17, 15) is 4.79 Å². The van der Waals surface area contributed by atoms with E-state index in [0.29, 0.717) is 16.9 Å². The van der Waals surface area contributed by atoms with Crippen LogP contribution >= 0.6 is 11.8 Å². The number of rotatable bonds is 10. The molecule has 1 unspecified atom stereocenters. The summed E-state index contributed by atoms with van der Waals surface area (Å²) in [4.78, 5) is 14.2. The Morgan fingerprint density at radius 3 is 2.68 bits per heavy atom. The predicted molar refractivity (Wildman–Crippen MR) is 117 cm³/mol. The summed E-state index contributed by atoms with van der Waals surface area (Å²) in [6.07, 6.45) is 3.30. The third kappa shape index (κ3) is 6.44. The highest BCUT2D eigenvalue weighted by Crippen LogP contribution is 2.24. The summed E-state index contributed by atoms with van der Waals surface area (Å²) in [6, 6.07) is 8.10. The van der Waals surface area contributed by atoms with Crippen LogP contribution in [0.2, 0.25) is 0 Å². The van der Waals surface area contributed by atoms with Gasteiger partial charge in [-0.25, -0.2) is 4.68 Å². The van der Waals surface area contributed by atoms with Gasteiger partial charge in [0.15, 0.2) is 5.82 Å². The lowest BCUT2D eigenvalue weighted by molar-refractivity contribution is -0.119. The van der Waals surface area contributed by atoms with Crippen LogP contribution in [0.1, 0.15) is 40.0 Å². The van der Waals surface area contributed by atoms with E-state index in [-0.39, 0.29) is 17.7 Å². The number of aromatic nitrogens is 3. The van der Waals surface area contributed by atoms with Gasteiger partial charge in [0.05, 0.1) is 5.75 Å². The minimum atomic E-state index is -0.0128. The normalized spacial score (nSPS) is 12.2. The average Bonchev–Trinajstić information content (AvgIpc) is 3.00. The largest absolute Gasteiger partial charge is 0.378 e. The van der Waals surface area contributed by atoms with Crippen molar-refractivity contribution in [1.82, 2.24) is 20.2 Å². The first-order valence-electron chi connectivity index (χ1n) is 9.68. The lowest BCUT2D eigenvalue weighted by atomic mass is 10.0. The number of nitrogen functional groups attached to an aromatic ring is 1. The Morgan fingerprint density at radius 2 is 2.00 bits per heavy atom. The number of hydrogen-bond donors (Lipinski definition) is 2. The highest BCUT2D eigenvalue weighted by Gasteiger charge is 2.15. The molecule has 0 aliphatic carbocycles. The van der Waals surface area contributed by atoms with E-state index in [1.807, 2.05) is 50.2 Å². The smallest absolute Gasteiger partial charge is 0.230 e. The van der Waals surface area contributed by atoms with E-state index in [1.54, 1.807) is 0 Å². The highest BCUT2D eigenvalue weighted by atomic mass is 32.2. The molecule has 1 heterocycles. The average molecular weight is 405 g/mol. The van der Waals surface area contributed by atoms with Gasteiger partial charge < -0.3 is 16.1 Å². The number of carbonyl (C=O) groups excluding carboxylic acids is 1. The lowest BCUT2D eigenvalue weighted by Crippen LogP contribution is -2.34. The second-order valence-corrected chi connectivity index (χ2v) is 8.65. The van der Waals surface area contributed by atoms with Gasteiger partial charge in [0.1, 0.15) is 0 Å². The number of nitrogens with zero attached hydrogens (tertiary/aromatic N) is 4. The maximum atomic E-state index is 12.2. The minimum Gasteiger partial charge on any atom is -0.378 e. The van der Waals surface area contributed by atoms with Crippen molar-refractivity contribution in [3.63, 3.8) is 0 Å². The van der Waals surface area contributed by atoms with E-state index >= 15 is 0 Å². The molecule has 7 nitrogen and oxygen atoms in total. The highest BCUT2D eigenvalue weighted by molar-refractivity contribution is 7.99. The van der Waals surface area contributed by atoms with Gasteiger partial charge in [-0.3, -0.25) is 4.79 Å². The van der Waals surface area contributed by atoms with E-state index in [0.717, 1.165) is 24.1 Å². The molecule has 0 aliphatic heterocycles. The maximum absolute atomic E-state index is 12.2. The van der Waals surface area contributed by atoms with Crippen molar-refractivity contribution in [2.24, 2.45) is 5.92 Å². The summed E-state index contributed by atoms with van der Waals surface area (Å²) < 4.78 is 1.44. The van der Waals surface area contributed by atoms with E-state index < -0.39 is 0 Å². The third-order valence-electron chi connectivity index (χ3n) is 4.44. The number of anilines is 1. The molecule has 1 amide bonds. The topological polar surface area (TPSA) is 89.1 Å². The van der Waals surface area contributed by atoms with Crippen molar-refractivity contribution >= 4 is 23.4 Å². The van der Waals surface area contributed by atoms with Crippen molar-refractivity contribution < 1.29 is 4.79 Å². The second-order valence-electron chi connectivity index (χ2n) is 7.70. The Labute approximate surface area is 172 Å². The molecule has 1 atom stereocenters. The molecule has 154 valence electrons. The molecule has 0 fully saturated rings. The van der Waals surface area contributed by atoms with Gasteiger partial charge in [0.25, 0.3) is 0 Å². The van der Waals surface area contributed by atoms with E-state index in [4.69, 9.17) is 5.84 Å². The zero-order valence-electron chi connectivity index (χ0n) is 17.5. The van der Waals surface area contributed by atoms with Gasteiger partial charge in [0.2, 0.25) is 11.1 Å². The molecule has 0 bridgehead atoms. The summed E-state index contributed by atoms with van der Waals surface area (Å²) >= 11 is 1.29. The SMILES string of the molecule is CC(C)CCCC(C)NC(=O)CSc1nnc(-c2cccc(N(C)C)c2)n1N. The Balaban J connectivity index is 1.90. The first kappa shape index (κ1) is 22.1. The third-order valence-corrected chi connectivity index (χ3v) is 5.39. The molecule has 28 heavy (non-hydrogen) atoms. The van der Waals surface area contributed by atoms with Gasteiger partial charge in [-0.15, -0.1) is 10.2 Å². The number of amides is 1. The molecule has 2 aromatic rings. The Morgan fingerprint density at radius 1 is 1.25 bits per heavy atom. The first-order valence-corrected chi connectivity index (χ1v) is 10.7. The predicted octanol–water partition coefficient (Wildman–Crippen LogP) is 3.15. The fourth-order valence-corrected chi connectivity index (χ4v) is 3.51. The summed E-state index contributed by atoms with van der Waals surface area (Å²) in [7, 11) is 3.96. The summed E-state index contributed by atoms with van der Waals surface area (Å²) in [5.74, 6) is 7.69. The van der Waals surface area contributed by atoms with Gasteiger partial charge in [-0.1, -0.05) is 50.6 Å². The van der Waals surface area contributed by atoms with Crippen LogP contribution in [0.25, 0.3) is 11.4 Å². The number of benzene rings is 1. The molecule has 0 saturated carbocycles. The first-order chi connectivity index (χ1) is 13.3. The number of nitrogens with one attached hydrogen (secondary N) is 1. The van der Waals surface area contributed by atoms with Crippen LogP contribution in [0, 0.1) is 5.92 Å². The molecule has 0 spiro atoms. The van der Waals surface area contributed by atoms with Crippen molar-refractivity contribution in [1.29, 1.82) is 0 Å². The van der Waals surface area contributed by atoms with Crippen LogP contribution in [0.5, 0.6) is 0 Å². The van der Waals surface area contributed by atoms with Crippen LogP contribution < -0.4 is 16.1 Å². The van der Waals surface area contributed by atoms with Crippen LogP contribution in [0.15, 0.2) is 29.4 Å². The molecule has 2 rings (SSSR count). The molecule has 0 saturated heterocycles. The Hall–Kier alpha value is -2.22. The van der Waals surface area contributed by atoms with Crippen LogP contribution in [0.3, 0.4) is 0 Å². The van der Waals surface area contributed by atoms with Crippen LogP contribution in [-0.4, -0.2) is 46.7 Å². The zero-order chi connectivity index (χ0) is 20.7. The van der Waals surface area contributed by atoms with Crippen molar-refractivity contribution in [2.75, 3.05) is 30.6 Å².